The average Bonchev–Trinajstić information content (AvgIpc) is 2.80. The number of para-hydroxylation sites is 1. The highest BCUT2D eigenvalue weighted by Crippen LogP contribution is 2.45. The zero-order valence-electron chi connectivity index (χ0n) is 17.4. The summed E-state index contributed by atoms with van der Waals surface area (Å²) in [7, 11) is 0. The minimum absolute atomic E-state index is 0.196. The minimum Gasteiger partial charge on any atom is -0.456 e. The van der Waals surface area contributed by atoms with Crippen LogP contribution in [0.4, 0.5) is 0 Å². The highest BCUT2D eigenvalue weighted by molar-refractivity contribution is 5.72. The molecule has 1 unspecified atom stereocenters. The lowest BCUT2D eigenvalue weighted by Crippen LogP contribution is -3.14. The number of ether oxygens (including phenoxy) is 2. The second-order valence-electron chi connectivity index (χ2n) is 8.19. The van der Waals surface area contributed by atoms with E-state index < -0.39 is 0 Å². The molecule has 0 amide bonds. The minimum atomic E-state index is 0.196. The lowest BCUT2D eigenvalue weighted by Gasteiger charge is -2.34. The Morgan fingerprint density at radius 1 is 0.800 bits per heavy atom. The van der Waals surface area contributed by atoms with Gasteiger partial charge in [-0.3, -0.25) is 0 Å². The SMILES string of the molecule is Cc1ccccc1C1C(C[NH+]2CCOCC2)=C(c2ccccc2)Oc2ccccc21. The zero-order chi connectivity index (χ0) is 20.3. The van der Waals surface area contributed by atoms with Gasteiger partial charge in [0.05, 0.1) is 13.2 Å². The van der Waals surface area contributed by atoms with Crippen molar-refractivity contribution in [2.45, 2.75) is 12.8 Å². The van der Waals surface area contributed by atoms with E-state index in [0.717, 1.165) is 49.9 Å². The van der Waals surface area contributed by atoms with Crippen LogP contribution in [0.25, 0.3) is 5.76 Å². The maximum absolute atomic E-state index is 6.60. The van der Waals surface area contributed by atoms with E-state index in [1.807, 2.05) is 0 Å². The fourth-order valence-electron chi connectivity index (χ4n) is 4.69. The number of benzene rings is 3. The largest absolute Gasteiger partial charge is 0.456 e. The topological polar surface area (TPSA) is 22.9 Å². The van der Waals surface area contributed by atoms with Crippen LogP contribution in [0.1, 0.15) is 28.2 Å². The van der Waals surface area contributed by atoms with E-state index >= 15 is 0 Å². The highest BCUT2D eigenvalue weighted by Gasteiger charge is 2.34. The molecule has 2 aliphatic rings. The van der Waals surface area contributed by atoms with Gasteiger partial charge in [0.15, 0.2) is 0 Å². The van der Waals surface area contributed by atoms with E-state index in [0.29, 0.717) is 0 Å². The van der Waals surface area contributed by atoms with E-state index in [9.17, 15) is 0 Å². The highest BCUT2D eigenvalue weighted by atomic mass is 16.5. The molecule has 0 bridgehead atoms. The van der Waals surface area contributed by atoms with Crippen molar-refractivity contribution in [3.05, 3.63) is 107 Å². The van der Waals surface area contributed by atoms with Gasteiger partial charge in [-0.15, -0.1) is 0 Å². The van der Waals surface area contributed by atoms with Crippen molar-refractivity contribution >= 4 is 5.76 Å². The van der Waals surface area contributed by atoms with Crippen LogP contribution < -0.4 is 9.64 Å². The number of hydrogen-bond acceptors (Lipinski definition) is 2. The molecule has 0 radical (unpaired) electrons. The van der Waals surface area contributed by atoms with Gasteiger partial charge >= 0.3 is 0 Å². The molecule has 152 valence electrons. The van der Waals surface area contributed by atoms with Crippen molar-refractivity contribution in [2.24, 2.45) is 0 Å². The molecular weight excluding hydrogens is 370 g/mol. The first-order valence-electron chi connectivity index (χ1n) is 10.8. The van der Waals surface area contributed by atoms with Crippen LogP contribution in [0, 0.1) is 6.92 Å². The van der Waals surface area contributed by atoms with E-state index in [-0.39, 0.29) is 5.92 Å². The summed E-state index contributed by atoms with van der Waals surface area (Å²) in [6.45, 7) is 6.91. The van der Waals surface area contributed by atoms with Crippen LogP contribution in [0.5, 0.6) is 5.75 Å². The van der Waals surface area contributed by atoms with Gasteiger partial charge in [-0.1, -0.05) is 72.8 Å². The summed E-state index contributed by atoms with van der Waals surface area (Å²) < 4.78 is 12.2. The molecule has 1 fully saturated rings. The van der Waals surface area contributed by atoms with E-state index in [2.05, 4.69) is 85.8 Å². The first kappa shape index (κ1) is 19.1. The van der Waals surface area contributed by atoms with Gasteiger partial charge in [-0.25, -0.2) is 0 Å². The molecule has 30 heavy (non-hydrogen) atoms. The molecule has 1 N–H and O–H groups in total. The van der Waals surface area contributed by atoms with Crippen molar-refractivity contribution in [3.63, 3.8) is 0 Å². The van der Waals surface area contributed by atoms with Crippen molar-refractivity contribution in [3.8, 4) is 5.75 Å². The molecular formula is C27H28NO2+. The second kappa shape index (κ2) is 8.47. The Morgan fingerprint density at radius 3 is 2.23 bits per heavy atom. The summed E-state index contributed by atoms with van der Waals surface area (Å²) in [5.74, 6) is 2.17. The molecule has 1 atom stereocenters. The van der Waals surface area contributed by atoms with E-state index in [1.54, 1.807) is 4.90 Å². The molecule has 5 rings (SSSR count). The number of rotatable bonds is 4. The summed E-state index contributed by atoms with van der Waals surface area (Å²) in [6, 6.07) is 27.9. The molecule has 3 aromatic carbocycles. The molecule has 0 saturated carbocycles. The second-order valence-corrected chi connectivity index (χ2v) is 8.19. The van der Waals surface area contributed by atoms with Crippen molar-refractivity contribution in [2.75, 3.05) is 32.8 Å². The number of fused-ring (bicyclic) bond motifs is 1. The van der Waals surface area contributed by atoms with Crippen LogP contribution in [0.2, 0.25) is 0 Å². The molecule has 2 aliphatic heterocycles. The van der Waals surface area contributed by atoms with Crippen LogP contribution in [-0.4, -0.2) is 32.8 Å². The van der Waals surface area contributed by atoms with Gasteiger partial charge in [0, 0.05) is 22.6 Å². The summed E-state index contributed by atoms with van der Waals surface area (Å²) in [5, 5.41) is 0. The third-order valence-electron chi connectivity index (χ3n) is 6.26. The quantitative estimate of drug-likeness (QED) is 0.722. The summed E-state index contributed by atoms with van der Waals surface area (Å²) in [4.78, 5) is 1.56. The standard InChI is InChI=1S/C27H27NO2/c1-20-9-5-6-12-22(20)26-23-13-7-8-14-25(23)30-27(21-10-3-2-4-11-21)24(26)19-28-15-17-29-18-16-28/h2-14,26H,15-19H2,1H3/p+1. The third-order valence-corrected chi connectivity index (χ3v) is 6.26. The Hall–Kier alpha value is -2.88. The monoisotopic (exact) mass is 398 g/mol. The van der Waals surface area contributed by atoms with E-state index in [1.165, 1.54) is 22.3 Å². The lowest BCUT2D eigenvalue weighted by atomic mass is 9.79. The van der Waals surface area contributed by atoms with Gasteiger partial charge < -0.3 is 14.4 Å². The molecule has 0 aromatic heterocycles. The van der Waals surface area contributed by atoms with Gasteiger partial charge in [-0.05, 0) is 24.1 Å². The Morgan fingerprint density at radius 2 is 1.47 bits per heavy atom. The number of nitrogens with one attached hydrogen (secondary N) is 1. The van der Waals surface area contributed by atoms with Crippen molar-refractivity contribution in [1.82, 2.24) is 0 Å². The third kappa shape index (κ3) is 3.67. The molecule has 3 aromatic rings. The molecule has 3 heteroatoms. The maximum atomic E-state index is 6.60. The van der Waals surface area contributed by atoms with Gasteiger partial charge in [-0.2, -0.15) is 0 Å². The molecule has 3 nitrogen and oxygen atoms in total. The van der Waals surface area contributed by atoms with Gasteiger partial charge in [0.2, 0.25) is 0 Å². The summed E-state index contributed by atoms with van der Waals surface area (Å²) in [6.07, 6.45) is 0. The van der Waals surface area contributed by atoms with Crippen molar-refractivity contribution < 1.29 is 14.4 Å². The summed E-state index contributed by atoms with van der Waals surface area (Å²) >= 11 is 0. The lowest BCUT2D eigenvalue weighted by molar-refractivity contribution is -0.903. The van der Waals surface area contributed by atoms with Crippen molar-refractivity contribution in [1.29, 1.82) is 0 Å². The van der Waals surface area contributed by atoms with Crippen LogP contribution in [0.3, 0.4) is 0 Å². The van der Waals surface area contributed by atoms with E-state index in [4.69, 9.17) is 9.47 Å². The van der Waals surface area contributed by atoms with Crippen LogP contribution >= 0.6 is 0 Å². The Labute approximate surface area is 178 Å². The molecule has 0 spiro atoms. The number of aryl methyl sites for hydroxylation is 1. The normalized spacial score (nSPS) is 19.3. The Kier molecular flexibility index (Phi) is 5.39. The molecule has 0 aliphatic carbocycles. The first-order chi connectivity index (χ1) is 14.8. The predicted octanol–water partition coefficient (Wildman–Crippen LogP) is 3.85. The summed E-state index contributed by atoms with van der Waals surface area (Å²) in [5.41, 5.74) is 6.46. The smallest absolute Gasteiger partial charge is 0.140 e. The van der Waals surface area contributed by atoms with Crippen LogP contribution in [0.15, 0.2) is 84.4 Å². The number of morpholine rings is 1. The zero-order valence-corrected chi connectivity index (χ0v) is 17.4. The fraction of sp³-hybridized carbons (Fsp3) is 0.259. The molecule has 1 saturated heterocycles. The van der Waals surface area contributed by atoms with Gasteiger partial charge in [0.25, 0.3) is 0 Å². The van der Waals surface area contributed by atoms with Crippen LogP contribution in [-0.2, 0) is 4.74 Å². The molecule has 2 heterocycles. The average molecular weight is 399 g/mol. The fourth-order valence-corrected chi connectivity index (χ4v) is 4.69. The van der Waals surface area contributed by atoms with Gasteiger partial charge in [0.1, 0.15) is 31.1 Å². The first-order valence-corrected chi connectivity index (χ1v) is 10.8. The number of hydrogen-bond donors (Lipinski definition) is 1. The predicted molar refractivity (Wildman–Crippen MR) is 120 cm³/mol. The Bertz CT molecular complexity index is 1050. The maximum Gasteiger partial charge on any atom is 0.140 e. The Balaban J connectivity index is 1.70. The number of quaternary nitrogens is 1.